The number of benzene rings is 1. The van der Waals surface area contributed by atoms with Gasteiger partial charge in [-0.05, 0) is 24.3 Å². The number of hydrogen-bond acceptors (Lipinski definition) is 5. The fraction of sp³-hybridized carbons (Fsp3) is 0.167. The van der Waals surface area contributed by atoms with Crippen LogP contribution in [0.15, 0.2) is 30.5 Å². The van der Waals surface area contributed by atoms with Gasteiger partial charge >= 0.3 is 6.01 Å². The minimum Gasteiger partial charge on any atom is -0.467 e. The van der Waals surface area contributed by atoms with Crippen LogP contribution in [0, 0.1) is 0 Å². The molecule has 6 heteroatoms. The van der Waals surface area contributed by atoms with Crippen LogP contribution in [0.5, 0.6) is 17.6 Å². The maximum Gasteiger partial charge on any atom is 0.319 e. The second kappa shape index (κ2) is 5.55. The van der Waals surface area contributed by atoms with Crippen molar-refractivity contribution in [3.63, 3.8) is 0 Å². The van der Waals surface area contributed by atoms with E-state index < -0.39 is 0 Å². The standard InChI is InChI=1S/C12H12ClN3O2/c1-14-8-3-5-9(6-4-8)18-11-10(13)7-15-12(16-11)17-2/h3-7,14H,1-2H3. The molecule has 0 saturated carbocycles. The number of ether oxygens (including phenoxy) is 2. The highest BCUT2D eigenvalue weighted by atomic mass is 35.5. The van der Waals surface area contributed by atoms with Gasteiger partial charge in [-0.3, -0.25) is 0 Å². The van der Waals surface area contributed by atoms with Crippen molar-refractivity contribution in [1.29, 1.82) is 0 Å². The number of hydrogen-bond donors (Lipinski definition) is 1. The van der Waals surface area contributed by atoms with Crippen LogP contribution in [0.1, 0.15) is 0 Å². The van der Waals surface area contributed by atoms with Crippen LogP contribution >= 0.6 is 11.6 Å². The summed E-state index contributed by atoms with van der Waals surface area (Å²) in [6.45, 7) is 0. The first kappa shape index (κ1) is 12.4. The van der Waals surface area contributed by atoms with E-state index in [1.807, 2.05) is 31.3 Å². The summed E-state index contributed by atoms with van der Waals surface area (Å²) < 4.78 is 10.5. The predicted octanol–water partition coefficient (Wildman–Crippen LogP) is 2.97. The van der Waals surface area contributed by atoms with Gasteiger partial charge in [0, 0.05) is 12.7 Å². The van der Waals surface area contributed by atoms with Crippen LogP contribution in [0.2, 0.25) is 5.02 Å². The lowest BCUT2D eigenvalue weighted by molar-refractivity contribution is 0.366. The molecule has 1 aromatic heterocycles. The zero-order valence-electron chi connectivity index (χ0n) is 9.98. The number of halogens is 1. The molecular formula is C12H12ClN3O2. The molecule has 0 fully saturated rings. The van der Waals surface area contributed by atoms with Crippen molar-refractivity contribution < 1.29 is 9.47 Å². The molecule has 1 heterocycles. The second-order valence-corrected chi connectivity index (χ2v) is 3.79. The Morgan fingerprint density at radius 1 is 1.22 bits per heavy atom. The van der Waals surface area contributed by atoms with E-state index in [4.69, 9.17) is 21.1 Å². The molecule has 2 aromatic rings. The highest BCUT2D eigenvalue weighted by Crippen LogP contribution is 2.28. The van der Waals surface area contributed by atoms with Gasteiger partial charge in [0.15, 0.2) is 0 Å². The quantitative estimate of drug-likeness (QED) is 0.921. The SMILES string of the molecule is CNc1ccc(Oc2nc(OC)ncc2Cl)cc1. The van der Waals surface area contributed by atoms with Gasteiger partial charge < -0.3 is 14.8 Å². The Balaban J connectivity index is 2.21. The van der Waals surface area contributed by atoms with E-state index in [1.54, 1.807) is 0 Å². The molecule has 0 saturated heterocycles. The molecular weight excluding hydrogens is 254 g/mol. The molecule has 0 amide bonds. The number of rotatable bonds is 4. The van der Waals surface area contributed by atoms with E-state index in [0.717, 1.165) is 5.69 Å². The highest BCUT2D eigenvalue weighted by Gasteiger charge is 2.08. The van der Waals surface area contributed by atoms with Gasteiger partial charge in [-0.1, -0.05) is 11.6 Å². The molecule has 1 aromatic carbocycles. The molecule has 0 unspecified atom stereocenters. The topological polar surface area (TPSA) is 56.3 Å². The number of methoxy groups -OCH3 is 1. The van der Waals surface area contributed by atoms with Gasteiger partial charge in [0.25, 0.3) is 0 Å². The van der Waals surface area contributed by atoms with Gasteiger partial charge in [0.1, 0.15) is 10.8 Å². The van der Waals surface area contributed by atoms with E-state index in [0.29, 0.717) is 10.8 Å². The third-order valence-electron chi connectivity index (χ3n) is 2.23. The van der Waals surface area contributed by atoms with Crippen molar-refractivity contribution >= 4 is 17.3 Å². The Hall–Kier alpha value is -2.01. The van der Waals surface area contributed by atoms with Crippen LogP contribution in [0.4, 0.5) is 5.69 Å². The summed E-state index contributed by atoms with van der Waals surface area (Å²) in [5.74, 6) is 0.900. The molecule has 0 aliphatic heterocycles. The average molecular weight is 266 g/mol. The summed E-state index contributed by atoms with van der Waals surface area (Å²) in [4.78, 5) is 7.90. The number of aromatic nitrogens is 2. The lowest BCUT2D eigenvalue weighted by Gasteiger charge is -2.08. The Labute approximate surface area is 110 Å². The minimum atomic E-state index is 0.209. The molecule has 94 valence electrons. The lowest BCUT2D eigenvalue weighted by Crippen LogP contribution is -1.95. The number of nitrogens with one attached hydrogen (secondary N) is 1. The predicted molar refractivity (Wildman–Crippen MR) is 69.7 cm³/mol. The molecule has 0 bridgehead atoms. The summed E-state index contributed by atoms with van der Waals surface area (Å²) in [5.41, 5.74) is 0.994. The van der Waals surface area contributed by atoms with E-state index in [-0.39, 0.29) is 11.9 Å². The van der Waals surface area contributed by atoms with Crippen LogP contribution in [-0.4, -0.2) is 24.1 Å². The van der Waals surface area contributed by atoms with Crippen molar-refractivity contribution in [3.05, 3.63) is 35.5 Å². The van der Waals surface area contributed by atoms with Gasteiger partial charge in [-0.15, -0.1) is 0 Å². The summed E-state index contributed by atoms with van der Waals surface area (Å²) >= 11 is 5.94. The van der Waals surface area contributed by atoms with Gasteiger partial charge in [-0.2, -0.15) is 4.98 Å². The second-order valence-electron chi connectivity index (χ2n) is 3.39. The molecule has 0 aliphatic carbocycles. The number of anilines is 1. The monoisotopic (exact) mass is 265 g/mol. The van der Waals surface area contributed by atoms with Crippen molar-refractivity contribution in [2.45, 2.75) is 0 Å². The Bertz CT molecular complexity index is 531. The Morgan fingerprint density at radius 3 is 2.56 bits per heavy atom. The maximum absolute atomic E-state index is 5.94. The van der Waals surface area contributed by atoms with Crippen LogP contribution < -0.4 is 14.8 Å². The Kier molecular flexibility index (Phi) is 3.84. The maximum atomic E-state index is 5.94. The average Bonchev–Trinajstić information content (AvgIpc) is 2.42. The fourth-order valence-electron chi connectivity index (χ4n) is 1.31. The number of nitrogens with zero attached hydrogens (tertiary/aromatic N) is 2. The normalized spacial score (nSPS) is 9.94. The van der Waals surface area contributed by atoms with E-state index >= 15 is 0 Å². The molecule has 5 nitrogen and oxygen atoms in total. The van der Waals surface area contributed by atoms with Crippen molar-refractivity contribution in [2.75, 3.05) is 19.5 Å². The summed E-state index contributed by atoms with van der Waals surface area (Å²) in [7, 11) is 3.33. The van der Waals surface area contributed by atoms with Crippen LogP contribution in [0.3, 0.4) is 0 Å². The van der Waals surface area contributed by atoms with E-state index in [1.165, 1.54) is 13.3 Å². The first-order valence-corrected chi connectivity index (χ1v) is 5.63. The summed E-state index contributed by atoms with van der Waals surface area (Å²) in [6.07, 6.45) is 1.44. The fourth-order valence-corrected chi connectivity index (χ4v) is 1.44. The zero-order valence-corrected chi connectivity index (χ0v) is 10.7. The van der Waals surface area contributed by atoms with E-state index in [9.17, 15) is 0 Å². The third kappa shape index (κ3) is 2.81. The third-order valence-corrected chi connectivity index (χ3v) is 2.49. The van der Waals surface area contributed by atoms with Gasteiger partial charge in [0.2, 0.25) is 5.88 Å². The van der Waals surface area contributed by atoms with Gasteiger partial charge in [0.05, 0.1) is 13.3 Å². The lowest BCUT2D eigenvalue weighted by atomic mass is 10.3. The van der Waals surface area contributed by atoms with Crippen molar-refractivity contribution in [2.24, 2.45) is 0 Å². The van der Waals surface area contributed by atoms with Crippen LogP contribution in [-0.2, 0) is 0 Å². The molecule has 0 radical (unpaired) electrons. The summed E-state index contributed by atoms with van der Waals surface area (Å²) in [6, 6.07) is 7.62. The molecule has 18 heavy (non-hydrogen) atoms. The van der Waals surface area contributed by atoms with E-state index in [2.05, 4.69) is 15.3 Å². The molecule has 0 spiro atoms. The largest absolute Gasteiger partial charge is 0.467 e. The molecule has 0 aliphatic rings. The summed E-state index contributed by atoms with van der Waals surface area (Å²) in [5, 5.41) is 3.35. The van der Waals surface area contributed by atoms with Gasteiger partial charge in [-0.25, -0.2) is 4.98 Å². The van der Waals surface area contributed by atoms with Crippen molar-refractivity contribution in [3.8, 4) is 17.6 Å². The molecule has 1 N–H and O–H groups in total. The molecule has 2 rings (SSSR count). The first-order chi connectivity index (χ1) is 8.72. The highest BCUT2D eigenvalue weighted by molar-refractivity contribution is 6.31. The first-order valence-electron chi connectivity index (χ1n) is 5.25. The van der Waals surface area contributed by atoms with Crippen molar-refractivity contribution in [1.82, 2.24) is 9.97 Å². The minimum absolute atomic E-state index is 0.209. The zero-order chi connectivity index (χ0) is 13.0. The Morgan fingerprint density at radius 2 is 1.94 bits per heavy atom. The smallest absolute Gasteiger partial charge is 0.319 e. The van der Waals surface area contributed by atoms with Crippen LogP contribution in [0.25, 0.3) is 0 Å². The molecule has 0 atom stereocenters.